The summed E-state index contributed by atoms with van der Waals surface area (Å²) in [7, 11) is 0. The van der Waals surface area contributed by atoms with Gasteiger partial charge in [0.2, 0.25) is 5.91 Å². The molecule has 1 amide bonds. The summed E-state index contributed by atoms with van der Waals surface area (Å²) in [5.41, 5.74) is 3.90. The van der Waals surface area contributed by atoms with E-state index in [1.54, 1.807) is 18.2 Å². The van der Waals surface area contributed by atoms with Gasteiger partial charge in [0.05, 0.1) is 21.5 Å². The molecular weight excluding hydrogens is 491 g/mol. The van der Waals surface area contributed by atoms with Gasteiger partial charge in [-0.15, -0.1) is 0 Å². The summed E-state index contributed by atoms with van der Waals surface area (Å²) < 4.78 is 1.54. The quantitative estimate of drug-likeness (QED) is 0.218. The van der Waals surface area contributed by atoms with Crippen LogP contribution < -0.4 is 10.9 Å². The van der Waals surface area contributed by atoms with Crippen molar-refractivity contribution in [1.29, 1.82) is 0 Å². The molecule has 0 saturated carbocycles. The van der Waals surface area contributed by atoms with Gasteiger partial charge in [-0.25, -0.2) is 4.98 Å². The molecule has 34 heavy (non-hydrogen) atoms. The standard InChI is InChI=1S/C25H18Cl2N4O2S/c1-14-6-9-16(10-7-14)31-24(33)23-22(17-4-2-3-5-20(17)29-23)30-25(31)34-13-21(32)28-15-8-11-18(26)19(27)12-15/h2-12,29H,13H2,1H3,(H,28,32). The normalized spacial score (nSPS) is 11.3. The van der Waals surface area contributed by atoms with Crippen molar-refractivity contribution in [3.05, 3.63) is 92.7 Å². The van der Waals surface area contributed by atoms with E-state index in [1.165, 1.54) is 16.3 Å². The molecule has 5 aromatic rings. The van der Waals surface area contributed by atoms with Gasteiger partial charge >= 0.3 is 0 Å². The van der Waals surface area contributed by atoms with Gasteiger partial charge in [-0.1, -0.05) is 70.9 Å². The van der Waals surface area contributed by atoms with Gasteiger partial charge in [-0.05, 0) is 43.3 Å². The first-order valence-electron chi connectivity index (χ1n) is 10.4. The van der Waals surface area contributed by atoms with Crippen LogP contribution in [0.25, 0.3) is 27.6 Å². The molecule has 5 rings (SSSR count). The number of hydrogen-bond donors (Lipinski definition) is 2. The Hall–Kier alpha value is -3.26. The van der Waals surface area contributed by atoms with Gasteiger partial charge in [-0.2, -0.15) is 0 Å². The number of hydrogen-bond acceptors (Lipinski definition) is 4. The Kier molecular flexibility index (Phi) is 6.08. The van der Waals surface area contributed by atoms with Gasteiger partial charge in [0, 0.05) is 16.6 Å². The number of carbonyl (C=O) groups is 1. The first-order chi connectivity index (χ1) is 16.4. The van der Waals surface area contributed by atoms with E-state index in [9.17, 15) is 9.59 Å². The molecule has 0 saturated heterocycles. The lowest BCUT2D eigenvalue weighted by Crippen LogP contribution is -2.23. The predicted octanol–water partition coefficient (Wildman–Crippen LogP) is 6.21. The molecule has 0 aliphatic rings. The number of aromatic nitrogens is 3. The topological polar surface area (TPSA) is 79.8 Å². The molecule has 9 heteroatoms. The third kappa shape index (κ3) is 4.30. The van der Waals surface area contributed by atoms with E-state index in [0.717, 1.165) is 16.5 Å². The highest BCUT2D eigenvalue weighted by Crippen LogP contribution is 2.28. The molecular formula is C25H18Cl2N4O2S. The highest BCUT2D eigenvalue weighted by Gasteiger charge is 2.18. The molecule has 0 radical (unpaired) electrons. The lowest BCUT2D eigenvalue weighted by atomic mass is 10.2. The molecule has 2 N–H and O–H groups in total. The molecule has 0 spiro atoms. The van der Waals surface area contributed by atoms with E-state index in [2.05, 4.69) is 10.3 Å². The van der Waals surface area contributed by atoms with Crippen LogP contribution in [-0.2, 0) is 4.79 Å². The third-order valence-corrected chi connectivity index (χ3v) is 7.00. The number of aryl methyl sites for hydroxylation is 1. The lowest BCUT2D eigenvalue weighted by Gasteiger charge is -2.12. The molecule has 0 aliphatic heterocycles. The van der Waals surface area contributed by atoms with Crippen molar-refractivity contribution in [3.8, 4) is 5.69 Å². The molecule has 3 aromatic carbocycles. The van der Waals surface area contributed by atoms with Crippen LogP contribution in [0.5, 0.6) is 0 Å². The number of carbonyl (C=O) groups excluding carboxylic acids is 1. The highest BCUT2D eigenvalue weighted by atomic mass is 35.5. The van der Waals surface area contributed by atoms with E-state index in [4.69, 9.17) is 28.2 Å². The number of nitrogens with zero attached hydrogens (tertiary/aromatic N) is 2. The van der Waals surface area contributed by atoms with Crippen molar-refractivity contribution in [3.63, 3.8) is 0 Å². The number of rotatable bonds is 5. The number of benzene rings is 3. The summed E-state index contributed by atoms with van der Waals surface area (Å²) in [5, 5.41) is 4.84. The molecule has 170 valence electrons. The Bertz CT molecular complexity index is 1610. The maximum atomic E-state index is 13.6. The van der Waals surface area contributed by atoms with Gasteiger partial charge < -0.3 is 10.3 Å². The zero-order valence-corrected chi connectivity index (χ0v) is 20.3. The van der Waals surface area contributed by atoms with Gasteiger partial charge in [0.15, 0.2) is 5.16 Å². The van der Waals surface area contributed by atoms with Crippen molar-refractivity contribution in [2.75, 3.05) is 11.1 Å². The second-order valence-corrected chi connectivity index (χ2v) is 9.49. The van der Waals surface area contributed by atoms with Gasteiger partial charge in [-0.3, -0.25) is 14.2 Å². The van der Waals surface area contributed by atoms with Crippen LogP contribution in [0.1, 0.15) is 5.56 Å². The predicted molar refractivity (Wildman–Crippen MR) is 140 cm³/mol. The van der Waals surface area contributed by atoms with E-state index in [0.29, 0.717) is 37.6 Å². The first-order valence-corrected chi connectivity index (χ1v) is 12.1. The fourth-order valence-electron chi connectivity index (χ4n) is 3.66. The zero-order chi connectivity index (χ0) is 23.8. The van der Waals surface area contributed by atoms with Crippen LogP contribution in [0.2, 0.25) is 10.0 Å². The summed E-state index contributed by atoms with van der Waals surface area (Å²) in [4.78, 5) is 34.2. The molecule has 2 heterocycles. The van der Waals surface area contributed by atoms with Crippen molar-refractivity contribution in [1.82, 2.24) is 14.5 Å². The Morgan fingerprint density at radius 2 is 1.82 bits per heavy atom. The average Bonchev–Trinajstić information content (AvgIpc) is 3.20. The van der Waals surface area contributed by atoms with E-state index >= 15 is 0 Å². The maximum absolute atomic E-state index is 13.6. The second-order valence-electron chi connectivity index (χ2n) is 7.73. The minimum Gasteiger partial charge on any atom is -0.349 e. The number of nitrogens with one attached hydrogen (secondary N) is 2. The Morgan fingerprint density at radius 1 is 1.06 bits per heavy atom. The first kappa shape index (κ1) is 22.5. The van der Waals surface area contributed by atoms with Gasteiger partial charge in [0.1, 0.15) is 11.0 Å². The molecule has 0 atom stereocenters. The second kappa shape index (κ2) is 9.18. The number of fused-ring (bicyclic) bond motifs is 3. The van der Waals surface area contributed by atoms with Crippen LogP contribution in [0, 0.1) is 6.92 Å². The number of amides is 1. The fraction of sp³-hybridized carbons (Fsp3) is 0.0800. The van der Waals surface area contributed by atoms with Crippen molar-refractivity contribution in [2.45, 2.75) is 12.1 Å². The number of aromatic amines is 1. The molecule has 0 fully saturated rings. The molecule has 2 aromatic heterocycles. The Balaban J connectivity index is 1.54. The zero-order valence-electron chi connectivity index (χ0n) is 17.9. The Labute approximate surface area is 208 Å². The van der Waals surface area contributed by atoms with E-state index in [-0.39, 0.29) is 17.2 Å². The average molecular weight is 509 g/mol. The number of anilines is 1. The minimum atomic E-state index is -0.257. The summed E-state index contributed by atoms with van der Waals surface area (Å²) in [6.07, 6.45) is 0. The summed E-state index contributed by atoms with van der Waals surface area (Å²) in [5.74, 6) is -0.209. The number of halogens is 2. The van der Waals surface area contributed by atoms with Crippen LogP contribution >= 0.6 is 35.0 Å². The van der Waals surface area contributed by atoms with Crippen LogP contribution in [0.15, 0.2) is 76.7 Å². The SMILES string of the molecule is Cc1ccc(-n2c(SCC(=O)Nc3ccc(Cl)c(Cl)c3)nc3c([nH]c4ccccc43)c2=O)cc1. The largest absolute Gasteiger partial charge is 0.349 e. The summed E-state index contributed by atoms with van der Waals surface area (Å²) in [6, 6.07) is 20.1. The van der Waals surface area contributed by atoms with Crippen molar-refractivity contribution in [2.24, 2.45) is 0 Å². The van der Waals surface area contributed by atoms with E-state index in [1.807, 2.05) is 55.5 Å². The minimum absolute atomic E-state index is 0.0480. The Morgan fingerprint density at radius 3 is 2.59 bits per heavy atom. The van der Waals surface area contributed by atoms with Crippen molar-refractivity contribution < 1.29 is 4.79 Å². The van der Waals surface area contributed by atoms with Crippen LogP contribution in [0.3, 0.4) is 0 Å². The van der Waals surface area contributed by atoms with E-state index < -0.39 is 0 Å². The van der Waals surface area contributed by atoms with Crippen molar-refractivity contribution >= 4 is 68.5 Å². The molecule has 6 nitrogen and oxygen atoms in total. The number of H-pyrrole nitrogens is 1. The summed E-state index contributed by atoms with van der Waals surface area (Å²) in [6.45, 7) is 1.98. The maximum Gasteiger partial charge on any atom is 0.283 e. The fourth-order valence-corrected chi connectivity index (χ4v) is 4.77. The monoisotopic (exact) mass is 508 g/mol. The summed E-state index contributed by atoms with van der Waals surface area (Å²) >= 11 is 13.2. The number of para-hydroxylation sites is 1. The number of thioether (sulfide) groups is 1. The van der Waals surface area contributed by atoms with Crippen LogP contribution in [0.4, 0.5) is 5.69 Å². The lowest BCUT2D eigenvalue weighted by molar-refractivity contribution is -0.113. The smallest absolute Gasteiger partial charge is 0.283 e. The third-order valence-electron chi connectivity index (χ3n) is 5.32. The molecule has 0 unspecified atom stereocenters. The highest BCUT2D eigenvalue weighted by molar-refractivity contribution is 7.99. The van der Waals surface area contributed by atoms with Crippen LogP contribution in [-0.4, -0.2) is 26.2 Å². The van der Waals surface area contributed by atoms with Gasteiger partial charge in [0.25, 0.3) is 5.56 Å². The molecule has 0 aliphatic carbocycles. The molecule has 0 bridgehead atoms.